The quantitative estimate of drug-likeness (QED) is 0.850. The van der Waals surface area contributed by atoms with Crippen LogP contribution in [-0.2, 0) is 0 Å². The highest BCUT2D eigenvalue weighted by Crippen LogP contribution is 2.33. The molecule has 1 saturated heterocycles. The van der Waals surface area contributed by atoms with Crippen molar-refractivity contribution in [3.8, 4) is 11.5 Å². The summed E-state index contributed by atoms with van der Waals surface area (Å²) in [6.45, 7) is 2.81. The Morgan fingerprint density at radius 1 is 1.32 bits per heavy atom. The van der Waals surface area contributed by atoms with Gasteiger partial charge in [-0.05, 0) is 25.1 Å². The van der Waals surface area contributed by atoms with Crippen LogP contribution in [0.25, 0.3) is 0 Å². The van der Waals surface area contributed by atoms with Crippen LogP contribution in [0, 0.1) is 0 Å². The van der Waals surface area contributed by atoms with Crippen LogP contribution in [0.15, 0.2) is 18.2 Å². The number of fused-ring (bicyclic) bond motifs is 1. The molecule has 1 fully saturated rings. The van der Waals surface area contributed by atoms with Crippen LogP contribution in [0.2, 0.25) is 0 Å². The first-order valence-corrected chi connectivity index (χ1v) is 6.25. The van der Waals surface area contributed by atoms with Gasteiger partial charge in [-0.1, -0.05) is 6.07 Å². The summed E-state index contributed by atoms with van der Waals surface area (Å²) < 4.78 is 11.0. The number of carbonyl (C=O) groups is 1. The van der Waals surface area contributed by atoms with E-state index in [1.165, 1.54) is 0 Å². The molecule has 2 heterocycles. The van der Waals surface area contributed by atoms with E-state index in [0.717, 1.165) is 19.5 Å². The second-order valence-corrected chi connectivity index (χ2v) is 4.49. The minimum Gasteiger partial charge on any atom is -0.486 e. The van der Waals surface area contributed by atoms with E-state index < -0.39 is 0 Å². The van der Waals surface area contributed by atoms with Gasteiger partial charge in [0.1, 0.15) is 13.2 Å². The first kappa shape index (κ1) is 14.0. The van der Waals surface area contributed by atoms with Crippen molar-refractivity contribution in [2.75, 3.05) is 26.3 Å². The number of para-hydroxylation sites is 1. The number of amides is 1. The first-order chi connectivity index (χ1) is 8.84. The normalized spacial score (nSPS) is 20.5. The molecule has 1 atom stereocenters. The van der Waals surface area contributed by atoms with Gasteiger partial charge < -0.3 is 20.1 Å². The zero-order chi connectivity index (χ0) is 12.4. The second kappa shape index (κ2) is 6.12. The third kappa shape index (κ3) is 2.93. The van der Waals surface area contributed by atoms with Crippen molar-refractivity contribution in [2.45, 2.75) is 12.5 Å². The van der Waals surface area contributed by atoms with Crippen LogP contribution in [0.4, 0.5) is 0 Å². The molecule has 0 unspecified atom stereocenters. The summed E-state index contributed by atoms with van der Waals surface area (Å²) in [5, 5.41) is 6.23. The SMILES string of the molecule is Cl.O=C(N[C@@H]1CCNC1)c1cccc2c1OCCO2. The Kier molecular flexibility index (Phi) is 4.50. The predicted octanol–water partition coefficient (Wildman–Crippen LogP) is 0.971. The Morgan fingerprint density at radius 3 is 2.95 bits per heavy atom. The van der Waals surface area contributed by atoms with Gasteiger partial charge in [-0.2, -0.15) is 0 Å². The molecular weight excluding hydrogens is 268 g/mol. The van der Waals surface area contributed by atoms with Gasteiger partial charge in [0, 0.05) is 12.6 Å². The first-order valence-electron chi connectivity index (χ1n) is 6.25. The van der Waals surface area contributed by atoms with Gasteiger partial charge in [-0.3, -0.25) is 4.79 Å². The van der Waals surface area contributed by atoms with Crippen LogP contribution in [0.1, 0.15) is 16.8 Å². The minimum absolute atomic E-state index is 0. The number of rotatable bonds is 2. The van der Waals surface area contributed by atoms with Crippen LogP contribution < -0.4 is 20.1 Å². The van der Waals surface area contributed by atoms with Crippen LogP contribution in [-0.4, -0.2) is 38.3 Å². The van der Waals surface area contributed by atoms with Crippen molar-refractivity contribution < 1.29 is 14.3 Å². The van der Waals surface area contributed by atoms with E-state index in [1.807, 2.05) is 12.1 Å². The van der Waals surface area contributed by atoms with Gasteiger partial charge in [0.05, 0.1) is 5.56 Å². The highest BCUT2D eigenvalue weighted by molar-refractivity contribution is 5.98. The zero-order valence-corrected chi connectivity index (χ0v) is 11.3. The molecule has 0 aliphatic carbocycles. The molecule has 104 valence electrons. The largest absolute Gasteiger partial charge is 0.486 e. The molecule has 2 N–H and O–H groups in total. The van der Waals surface area contributed by atoms with Crippen molar-refractivity contribution in [3.05, 3.63) is 23.8 Å². The molecule has 1 aromatic rings. The lowest BCUT2D eigenvalue weighted by Crippen LogP contribution is -2.36. The lowest BCUT2D eigenvalue weighted by Gasteiger charge is -2.21. The number of hydrogen-bond acceptors (Lipinski definition) is 4. The van der Waals surface area contributed by atoms with Gasteiger partial charge in [0.15, 0.2) is 11.5 Å². The molecule has 0 saturated carbocycles. The Hall–Kier alpha value is -1.46. The van der Waals surface area contributed by atoms with Crippen LogP contribution in [0.3, 0.4) is 0 Å². The average Bonchev–Trinajstić information content (AvgIpc) is 2.91. The molecule has 6 heteroatoms. The highest BCUT2D eigenvalue weighted by atomic mass is 35.5. The van der Waals surface area contributed by atoms with Crippen molar-refractivity contribution in [2.24, 2.45) is 0 Å². The Morgan fingerprint density at radius 2 is 2.16 bits per heavy atom. The standard InChI is InChI=1S/C13H16N2O3.ClH/c16-13(15-9-4-5-14-8-9)10-2-1-3-11-12(10)18-7-6-17-11;/h1-3,9,14H,4-8H2,(H,15,16);1H/t9-;/m1./s1. The Balaban J connectivity index is 0.00000133. The van der Waals surface area contributed by atoms with E-state index in [9.17, 15) is 4.79 Å². The third-order valence-electron chi connectivity index (χ3n) is 3.21. The number of benzene rings is 1. The topological polar surface area (TPSA) is 59.6 Å². The van der Waals surface area contributed by atoms with E-state index >= 15 is 0 Å². The molecule has 19 heavy (non-hydrogen) atoms. The van der Waals surface area contributed by atoms with Crippen molar-refractivity contribution >= 4 is 18.3 Å². The van der Waals surface area contributed by atoms with Crippen LogP contribution >= 0.6 is 12.4 Å². The molecule has 2 aliphatic rings. The number of ether oxygens (including phenoxy) is 2. The monoisotopic (exact) mass is 284 g/mol. The van der Waals surface area contributed by atoms with Gasteiger partial charge >= 0.3 is 0 Å². The molecule has 0 radical (unpaired) electrons. The number of hydrogen-bond donors (Lipinski definition) is 2. The molecule has 3 rings (SSSR count). The van der Waals surface area contributed by atoms with E-state index in [1.54, 1.807) is 6.07 Å². The van der Waals surface area contributed by atoms with Crippen molar-refractivity contribution in [1.82, 2.24) is 10.6 Å². The van der Waals surface area contributed by atoms with E-state index in [2.05, 4.69) is 10.6 Å². The zero-order valence-electron chi connectivity index (χ0n) is 10.5. The summed E-state index contributed by atoms with van der Waals surface area (Å²) in [5.41, 5.74) is 0.555. The highest BCUT2D eigenvalue weighted by Gasteiger charge is 2.23. The van der Waals surface area contributed by atoms with Gasteiger partial charge in [-0.15, -0.1) is 12.4 Å². The second-order valence-electron chi connectivity index (χ2n) is 4.49. The lowest BCUT2D eigenvalue weighted by molar-refractivity contribution is 0.0929. The van der Waals surface area contributed by atoms with E-state index in [0.29, 0.717) is 30.3 Å². The molecule has 1 aromatic carbocycles. The number of halogens is 1. The smallest absolute Gasteiger partial charge is 0.255 e. The summed E-state index contributed by atoms with van der Waals surface area (Å²) in [6, 6.07) is 5.61. The maximum absolute atomic E-state index is 12.2. The molecule has 0 aromatic heterocycles. The lowest BCUT2D eigenvalue weighted by atomic mass is 10.1. The van der Waals surface area contributed by atoms with Crippen LogP contribution in [0.5, 0.6) is 11.5 Å². The van der Waals surface area contributed by atoms with E-state index in [-0.39, 0.29) is 24.4 Å². The maximum atomic E-state index is 12.2. The van der Waals surface area contributed by atoms with Gasteiger partial charge in [-0.25, -0.2) is 0 Å². The molecular formula is C13H17ClN2O3. The molecule has 0 bridgehead atoms. The van der Waals surface area contributed by atoms with Gasteiger partial charge in [0.25, 0.3) is 5.91 Å². The average molecular weight is 285 g/mol. The molecule has 0 spiro atoms. The Bertz CT molecular complexity index is 461. The van der Waals surface area contributed by atoms with E-state index in [4.69, 9.17) is 9.47 Å². The fourth-order valence-electron chi connectivity index (χ4n) is 2.29. The fourth-order valence-corrected chi connectivity index (χ4v) is 2.29. The summed E-state index contributed by atoms with van der Waals surface area (Å²) in [7, 11) is 0. The molecule has 2 aliphatic heterocycles. The Labute approximate surface area is 118 Å². The fraction of sp³-hybridized carbons (Fsp3) is 0.462. The minimum atomic E-state index is -0.0916. The summed E-state index contributed by atoms with van der Waals surface area (Å²) in [6.07, 6.45) is 0.970. The van der Waals surface area contributed by atoms with Gasteiger partial charge in [0.2, 0.25) is 0 Å². The number of nitrogens with one attached hydrogen (secondary N) is 2. The summed E-state index contributed by atoms with van der Waals surface area (Å²) in [5.74, 6) is 1.12. The summed E-state index contributed by atoms with van der Waals surface area (Å²) >= 11 is 0. The molecule has 1 amide bonds. The molecule has 5 nitrogen and oxygen atoms in total. The number of carbonyl (C=O) groups excluding carboxylic acids is 1. The predicted molar refractivity (Wildman–Crippen MR) is 73.4 cm³/mol. The van der Waals surface area contributed by atoms with Crippen molar-refractivity contribution in [3.63, 3.8) is 0 Å². The van der Waals surface area contributed by atoms with Crippen molar-refractivity contribution in [1.29, 1.82) is 0 Å². The third-order valence-corrected chi connectivity index (χ3v) is 3.21. The maximum Gasteiger partial charge on any atom is 0.255 e. The summed E-state index contributed by atoms with van der Waals surface area (Å²) in [4.78, 5) is 12.2.